The highest BCUT2D eigenvalue weighted by molar-refractivity contribution is 9.10. The van der Waals surface area contributed by atoms with Crippen molar-refractivity contribution in [2.75, 3.05) is 0 Å². The zero-order valence-electron chi connectivity index (χ0n) is 9.78. The summed E-state index contributed by atoms with van der Waals surface area (Å²) < 4.78 is 6.60. The molecule has 0 saturated heterocycles. The van der Waals surface area contributed by atoms with Gasteiger partial charge in [-0.1, -0.05) is 17.7 Å². The van der Waals surface area contributed by atoms with E-state index in [0.717, 1.165) is 15.6 Å². The van der Waals surface area contributed by atoms with Gasteiger partial charge in [-0.3, -0.25) is 0 Å². The zero-order valence-corrected chi connectivity index (χ0v) is 12.1. The molecule has 0 aliphatic carbocycles. The van der Waals surface area contributed by atoms with Crippen molar-refractivity contribution in [2.45, 2.75) is 13.5 Å². The highest BCUT2D eigenvalue weighted by Crippen LogP contribution is 2.32. The number of ether oxygens (including phenoxy) is 1. The Bertz CT molecular complexity index is 575. The van der Waals surface area contributed by atoms with E-state index in [0.29, 0.717) is 23.2 Å². The van der Waals surface area contributed by atoms with Gasteiger partial charge in [0, 0.05) is 23.3 Å². The average Bonchev–Trinajstić information content (AvgIpc) is 2.35. The number of rotatable bonds is 3. The largest absolute Gasteiger partial charge is 0.437 e. The van der Waals surface area contributed by atoms with E-state index in [1.165, 1.54) is 0 Å². The minimum atomic E-state index is 0.385. The summed E-state index contributed by atoms with van der Waals surface area (Å²) in [6.07, 6.45) is 1.70. The Morgan fingerprint density at radius 1 is 1.39 bits per heavy atom. The quantitative estimate of drug-likeness (QED) is 0.925. The summed E-state index contributed by atoms with van der Waals surface area (Å²) in [7, 11) is 0. The Balaban J connectivity index is 2.39. The molecule has 5 heteroatoms. The van der Waals surface area contributed by atoms with Crippen molar-refractivity contribution in [2.24, 2.45) is 5.73 Å². The van der Waals surface area contributed by atoms with Gasteiger partial charge < -0.3 is 10.5 Å². The Kier molecular flexibility index (Phi) is 4.22. The van der Waals surface area contributed by atoms with Crippen molar-refractivity contribution >= 4 is 27.5 Å². The molecule has 3 nitrogen and oxygen atoms in total. The van der Waals surface area contributed by atoms with Gasteiger partial charge in [0.15, 0.2) is 0 Å². The van der Waals surface area contributed by atoms with Gasteiger partial charge in [-0.25, -0.2) is 4.98 Å². The minimum absolute atomic E-state index is 0.385. The van der Waals surface area contributed by atoms with E-state index in [2.05, 4.69) is 20.9 Å². The molecule has 0 aliphatic rings. The van der Waals surface area contributed by atoms with Crippen LogP contribution in [0.3, 0.4) is 0 Å². The molecule has 0 fully saturated rings. The SMILES string of the molecule is Cc1ccnc(Oc2cc(Cl)ccc2CN)c1Br. The fourth-order valence-electron chi connectivity index (χ4n) is 1.48. The van der Waals surface area contributed by atoms with Crippen LogP contribution in [-0.4, -0.2) is 4.98 Å². The lowest BCUT2D eigenvalue weighted by Gasteiger charge is -2.11. The van der Waals surface area contributed by atoms with Crippen molar-refractivity contribution < 1.29 is 4.74 Å². The lowest BCUT2D eigenvalue weighted by molar-refractivity contribution is 0.453. The molecule has 0 spiro atoms. The first-order valence-corrected chi connectivity index (χ1v) is 6.56. The summed E-state index contributed by atoms with van der Waals surface area (Å²) in [5, 5.41) is 0.603. The third kappa shape index (κ3) is 2.83. The van der Waals surface area contributed by atoms with Gasteiger partial charge in [0.05, 0.1) is 4.47 Å². The molecule has 0 saturated carbocycles. The molecule has 0 atom stereocenters. The number of halogens is 2. The van der Waals surface area contributed by atoms with Gasteiger partial charge in [0.25, 0.3) is 0 Å². The molecule has 0 unspecified atom stereocenters. The highest BCUT2D eigenvalue weighted by Gasteiger charge is 2.10. The fourth-order valence-corrected chi connectivity index (χ4v) is 1.96. The first kappa shape index (κ1) is 13.3. The van der Waals surface area contributed by atoms with E-state index in [1.54, 1.807) is 18.3 Å². The van der Waals surface area contributed by atoms with Gasteiger partial charge in [-0.15, -0.1) is 0 Å². The van der Waals surface area contributed by atoms with Gasteiger partial charge in [0.1, 0.15) is 5.75 Å². The van der Waals surface area contributed by atoms with Gasteiger partial charge in [0.2, 0.25) is 5.88 Å². The number of benzene rings is 1. The third-order valence-electron chi connectivity index (χ3n) is 2.51. The standard InChI is InChI=1S/C13H12BrClN2O/c1-8-4-5-17-13(12(8)14)18-11-6-10(15)3-2-9(11)7-16/h2-6H,7,16H2,1H3. The Morgan fingerprint density at radius 3 is 2.89 bits per heavy atom. The van der Waals surface area contributed by atoms with Gasteiger partial charge >= 0.3 is 0 Å². The number of pyridine rings is 1. The molecular weight excluding hydrogens is 316 g/mol. The van der Waals surface area contributed by atoms with E-state index in [1.807, 2.05) is 19.1 Å². The van der Waals surface area contributed by atoms with Crippen molar-refractivity contribution in [1.29, 1.82) is 0 Å². The zero-order chi connectivity index (χ0) is 13.1. The lowest BCUT2D eigenvalue weighted by Crippen LogP contribution is -2.00. The van der Waals surface area contributed by atoms with Crippen LogP contribution < -0.4 is 10.5 Å². The van der Waals surface area contributed by atoms with E-state index in [-0.39, 0.29) is 0 Å². The van der Waals surface area contributed by atoms with Crippen LogP contribution in [-0.2, 0) is 6.54 Å². The summed E-state index contributed by atoms with van der Waals surface area (Å²) in [4.78, 5) is 4.19. The second-order valence-corrected chi connectivity index (χ2v) is 5.03. The number of nitrogens with zero attached hydrogens (tertiary/aromatic N) is 1. The van der Waals surface area contributed by atoms with Crippen molar-refractivity contribution in [3.63, 3.8) is 0 Å². The predicted octanol–water partition coefficient (Wildman–Crippen LogP) is 4.06. The number of hydrogen-bond donors (Lipinski definition) is 1. The first-order valence-electron chi connectivity index (χ1n) is 5.39. The summed E-state index contributed by atoms with van der Waals surface area (Å²) in [5.41, 5.74) is 7.60. The number of aromatic nitrogens is 1. The molecule has 1 aromatic carbocycles. The van der Waals surface area contributed by atoms with Crippen LogP contribution in [0.1, 0.15) is 11.1 Å². The molecule has 2 aromatic rings. The summed E-state index contributed by atoms with van der Waals surface area (Å²) in [6, 6.07) is 7.27. The number of hydrogen-bond acceptors (Lipinski definition) is 3. The van der Waals surface area contributed by atoms with Crippen molar-refractivity contribution in [3.05, 3.63) is 51.1 Å². The van der Waals surface area contributed by atoms with E-state index in [9.17, 15) is 0 Å². The number of aryl methyl sites for hydroxylation is 1. The molecule has 1 heterocycles. The highest BCUT2D eigenvalue weighted by atomic mass is 79.9. The van der Waals surface area contributed by atoms with Crippen LogP contribution in [0.25, 0.3) is 0 Å². The van der Waals surface area contributed by atoms with Crippen LogP contribution in [0.4, 0.5) is 0 Å². The van der Waals surface area contributed by atoms with Crippen molar-refractivity contribution in [1.82, 2.24) is 4.98 Å². The summed E-state index contributed by atoms with van der Waals surface area (Å²) in [5.74, 6) is 1.13. The molecule has 18 heavy (non-hydrogen) atoms. The Labute approximate surface area is 119 Å². The Hall–Kier alpha value is -1.10. The second-order valence-electron chi connectivity index (χ2n) is 3.81. The lowest BCUT2D eigenvalue weighted by atomic mass is 10.2. The smallest absolute Gasteiger partial charge is 0.233 e. The molecule has 2 rings (SSSR count). The van der Waals surface area contributed by atoms with Crippen LogP contribution in [0.15, 0.2) is 34.9 Å². The average molecular weight is 328 g/mol. The molecule has 0 aliphatic heterocycles. The molecule has 2 N–H and O–H groups in total. The first-order chi connectivity index (χ1) is 8.61. The third-order valence-corrected chi connectivity index (χ3v) is 3.71. The van der Waals surface area contributed by atoms with E-state index in [4.69, 9.17) is 22.1 Å². The van der Waals surface area contributed by atoms with Crippen LogP contribution in [0.2, 0.25) is 5.02 Å². The Morgan fingerprint density at radius 2 is 2.17 bits per heavy atom. The fraction of sp³-hybridized carbons (Fsp3) is 0.154. The molecule has 0 amide bonds. The van der Waals surface area contributed by atoms with Gasteiger partial charge in [-0.2, -0.15) is 0 Å². The van der Waals surface area contributed by atoms with Crippen molar-refractivity contribution in [3.8, 4) is 11.6 Å². The number of nitrogens with two attached hydrogens (primary N) is 1. The molecule has 0 radical (unpaired) electrons. The van der Waals surface area contributed by atoms with E-state index < -0.39 is 0 Å². The van der Waals surface area contributed by atoms with Crippen LogP contribution >= 0.6 is 27.5 Å². The van der Waals surface area contributed by atoms with E-state index >= 15 is 0 Å². The van der Waals surface area contributed by atoms with Crippen LogP contribution in [0, 0.1) is 6.92 Å². The minimum Gasteiger partial charge on any atom is -0.437 e. The second kappa shape index (κ2) is 5.69. The topological polar surface area (TPSA) is 48.1 Å². The monoisotopic (exact) mass is 326 g/mol. The molecule has 1 aromatic heterocycles. The summed E-state index contributed by atoms with van der Waals surface area (Å²) in [6.45, 7) is 2.36. The maximum Gasteiger partial charge on any atom is 0.233 e. The normalized spacial score (nSPS) is 10.4. The molecule has 0 bridgehead atoms. The summed E-state index contributed by atoms with van der Waals surface area (Å²) >= 11 is 9.41. The maximum absolute atomic E-state index is 5.96. The van der Waals surface area contributed by atoms with Crippen LogP contribution in [0.5, 0.6) is 11.6 Å². The predicted molar refractivity (Wildman–Crippen MR) is 76.1 cm³/mol. The molecule has 94 valence electrons. The van der Waals surface area contributed by atoms with Gasteiger partial charge in [-0.05, 0) is 46.6 Å². The molecular formula is C13H12BrClN2O. The maximum atomic E-state index is 5.96.